The number of fused-ring (bicyclic) bond motifs is 3. The van der Waals surface area contributed by atoms with Crippen molar-refractivity contribution in [2.24, 2.45) is 0 Å². The second-order valence-electron chi connectivity index (χ2n) is 6.36. The van der Waals surface area contributed by atoms with E-state index in [2.05, 4.69) is 0 Å². The molecule has 0 fully saturated rings. The molecule has 3 aromatic rings. The molecule has 2 aromatic carbocycles. The van der Waals surface area contributed by atoms with Gasteiger partial charge >= 0.3 is 11.7 Å². The lowest BCUT2D eigenvalue weighted by atomic mass is 9.96. The first kappa shape index (κ1) is 17.1. The van der Waals surface area contributed by atoms with E-state index in [1.807, 2.05) is 0 Å². The summed E-state index contributed by atoms with van der Waals surface area (Å²) in [6, 6.07) is 11.1. The van der Waals surface area contributed by atoms with Crippen LogP contribution in [0.5, 0.6) is 11.5 Å². The first-order chi connectivity index (χ1) is 13.1. The van der Waals surface area contributed by atoms with E-state index >= 15 is 0 Å². The highest BCUT2D eigenvalue weighted by Crippen LogP contribution is 2.34. The Kier molecular flexibility index (Phi) is 4.50. The fraction of sp³-hybridized carbons (Fsp3) is 0.250. The lowest BCUT2D eigenvalue weighted by molar-refractivity contribution is -0.385. The third kappa shape index (κ3) is 3.48. The molecule has 0 atom stereocenters. The minimum Gasteiger partial charge on any atom is -0.475 e. The van der Waals surface area contributed by atoms with Crippen molar-refractivity contribution >= 4 is 22.6 Å². The Morgan fingerprint density at radius 3 is 2.81 bits per heavy atom. The van der Waals surface area contributed by atoms with Gasteiger partial charge in [0.25, 0.3) is 0 Å². The van der Waals surface area contributed by atoms with Crippen LogP contribution in [0.2, 0.25) is 0 Å². The van der Waals surface area contributed by atoms with Gasteiger partial charge in [-0.2, -0.15) is 0 Å². The molecule has 1 aliphatic rings. The molecule has 1 heterocycles. The Hall–Kier alpha value is -3.35. The second-order valence-corrected chi connectivity index (χ2v) is 6.36. The number of benzene rings is 2. The summed E-state index contributed by atoms with van der Waals surface area (Å²) in [6.45, 7) is -0.424. The number of hydrogen-bond donors (Lipinski definition) is 0. The van der Waals surface area contributed by atoms with E-state index in [-0.39, 0.29) is 11.4 Å². The van der Waals surface area contributed by atoms with Crippen molar-refractivity contribution < 1.29 is 23.6 Å². The summed E-state index contributed by atoms with van der Waals surface area (Å²) in [5.74, 6) is 0.802. The van der Waals surface area contributed by atoms with Crippen LogP contribution in [0.1, 0.15) is 24.2 Å². The van der Waals surface area contributed by atoms with Crippen LogP contribution in [0.15, 0.2) is 46.9 Å². The average Bonchev–Trinajstić information content (AvgIpc) is 3.04. The van der Waals surface area contributed by atoms with Gasteiger partial charge in [-0.3, -0.25) is 10.1 Å². The van der Waals surface area contributed by atoms with Crippen molar-refractivity contribution in [1.82, 2.24) is 0 Å². The predicted octanol–water partition coefficient (Wildman–Crippen LogP) is 4.20. The summed E-state index contributed by atoms with van der Waals surface area (Å²) in [6.07, 6.45) is 4.14. The smallest absolute Gasteiger partial charge is 0.349 e. The minimum absolute atomic E-state index is 0.0267. The Balaban J connectivity index is 1.46. The average molecular weight is 367 g/mol. The van der Waals surface area contributed by atoms with Crippen molar-refractivity contribution in [1.29, 1.82) is 0 Å². The van der Waals surface area contributed by atoms with Crippen LogP contribution >= 0.6 is 0 Å². The summed E-state index contributed by atoms with van der Waals surface area (Å²) in [5, 5.41) is 11.9. The summed E-state index contributed by atoms with van der Waals surface area (Å²) >= 11 is 0. The molecule has 1 aromatic heterocycles. The molecule has 0 radical (unpaired) electrons. The molecule has 1 aliphatic carbocycles. The zero-order valence-electron chi connectivity index (χ0n) is 14.5. The van der Waals surface area contributed by atoms with Crippen LogP contribution in [0.25, 0.3) is 11.0 Å². The maximum atomic E-state index is 12.1. The van der Waals surface area contributed by atoms with Gasteiger partial charge in [0, 0.05) is 23.4 Å². The van der Waals surface area contributed by atoms with E-state index in [9.17, 15) is 14.9 Å². The molecule has 7 heteroatoms. The van der Waals surface area contributed by atoms with Crippen molar-refractivity contribution in [3.63, 3.8) is 0 Å². The maximum Gasteiger partial charge on any atom is 0.349 e. The monoisotopic (exact) mass is 367 g/mol. The number of nitro benzene ring substituents is 1. The second kappa shape index (κ2) is 7.11. The summed E-state index contributed by atoms with van der Waals surface area (Å²) in [5.41, 5.74) is 1.78. The molecule has 0 aliphatic heterocycles. The topological polar surface area (TPSA) is 91.8 Å². The predicted molar refractivity (Wildman–Crippen MR) is 97.1 cm³/mol. The standard InChI is InChI=1S/C20H17NO6/c22-20(12-25-19-8-4-2-6-16(19)21(23)24)26-13-9-10-18-15(11-13)14-5-1-3-7-17(14)27-18/h2,4,6,8-11H,1,3,5,7,12H2. The van der Waals surface area contributed by atoms with E-state index in [1.165, 1.54) is 23.8 Å². The van der Waals surface area contributed by atoms with Gasteiger partial charge in [0.15, 0.2) is 12.4 Å². The van der Waals surface area contributed by atoms with E-state index in [0.717, 1.165) is 42.4 Å². The molecule has 0 N–H and O–H groups in total. The number of carbonyl (C=O) groups is 1. The molecule has 4 rings (SSSR count). The van der Waals surface area contributed by atoms with Crippen LogP contribution in [0.4, 0.5) is 5.69 Å². The van der Waals surface area contributed by atoms with E-state index in [0.29, 0.717) is 5.75 Å². The zero-order valence-corrected chi connectivity index (χ0v) is 14.5. The van der Waals surface area contributed by atoms with Gasteiger partial charge in [0.2, 0.25) is 0 Å². The van der Waals surface area contributed by atoms with Crippen LogP contribution in [0, 0.1) is 10.1 Å². The minimum atomic E-state index is -0.634. The number of esters is 1. The summed E-state index contributed by atoms with van der Waals surface area (Å²) in [4.78, 5) is 22.5. The molecule has 0 spiro atoms. The third-order valence-corrected chi connectivity index (χ3v) is 4.57. The summed E-state index contributed by atoms with van der Waals surface area (Å²) in [7, 11) is 0. The lowest BCUT2D eigenvalue weighted by Gasteiger charge is -2.09. The van der Waals surface area contributed by atoms with Crippen molar-refractivity contribution in [3.05, 3.63) is 63.9 Å². The Morgan fingerprint density at radius 2 is 1.96 bits per heavy atom. The first-order valence-corrected chi connectivity index (χ1v) is 8.73. The molecule has 0 bridgehead atoms. The third-order valence-electron chi connectivity index (χ3n) is 4.57. The van der Waals surface area contributed by atoms with Gasteiger partial charge in [-0.15, -0.1) is 0 Å². The number of furan rings is 1. The highest BCUT2D eigenvalue weighted by molar-refractivity contribution is 5.85. The Bertz CT molecular complexity index is 1020. The van der Waals surface area contributed by atoms with Crippen LogP contribution in [0.3, 0.4) is 0 Å². The van der Waals surface area contributed by atoms with Crippen molar-refractivity contribution in [2.45, 2.75) is 25.7 Å². The number of nitro groups is 1. The number of carbonyl (C=O) groups excluding carboxylic acids is 1. The number of ether oxygens (including phenoxy) is 2. The van der Waals surface area contributed by atoms with Gasteiger partial charge in [-0.05, 0) is 43.5 Å². The number of rotatable bonds is 5. The first-order valence-electron chi connectivity index (χ1n) is 8.73. The van der Waals surface area contributed by atoms with Crippen molar-refractivity contribution in [3.8, 4) is 11.5 Å². The highest BCUT2D eigenvalue weighted by atomic mass is 16.6. The molecule has 138 valence electrons. The molecular weight excluding hydrogens is 350 g/mol. The van der Waals surface area contributed by atoms with Gasteiger partial charge in [0.05, 0.1) is 4.92 Å². The number of aryl methyl sites for hydroxylation is 2. The SMILES string of the molecule is O=C(COc1ccccc1[N+](=O)[O-])Oc1ccc2oc3c(c2c1)CCCC3. The Labute approximate surface area is 154 Å². The van der Waals surface area contributed by atoms with Gasteiger partial charge in [-0.1, -0.05) is 12.1 Å². The van der Waals surface area contributed by atoms with E-state index in [1.54, 1.807) is 24.3 Å². The number of nitrogens with zero attached hydrogens (tertiary/aromatic N) is 1. The number of hydrogen-bond acceptors (Lipinski definition) is 6. The molecule has 27 heavy (non-hydrogen) atoms. The van der Waals surface area contributed by atoms with Crippen molar-refractivity contribution in [2.75, 3.05) is 6.61 Å². The molecule has 0 amide bonds. The molecule has 0 unspecified atom stereocenters. The fourth-order valence-corrected chi connectivity index (χ4v) is 3.33. The largest absolute Gasteiger partial charge is 0.475 e. The number of para-hydroxylation sites is 2. The summed E-state index contributed by atoms with van der Waals surface area (Å²) < 4.78 is 16.5. The molecule has 0 saturated heterocycles. The fourth-order valence-electron chi connectivity index (χ4n) is 3.33. The lowest BCUT2D eigenvalue weighted by Crippen LogP contribution is -2.18. The zero-order chi connectivity index (χ0) is 18.8. The van der Waals surface area contributed by atoms with Crippen LogP contribution < -0.4 is 9.47 Å². The maximum absolute atomic E-state index is 12.1. The Morgan fingerprint density at radius 1 is 1.15 bits per heavy atom. The van der Waals surface area contributed by atoms with Gasteiger partial charge in [0.1, 0.15) is 17.1 Å². The van der Waals surface area contributed by atoms with E-state index in [4.69, 9.17) is 13.9 Å². The van der Waals surface area contributed by atoms with Crippen LogP contribution in [-0.2, 0) is 17.6 Å². The van der Waals surface area contributed by atoms with Crippen LogP contribution in [-0.4, -0.2) is 17.5 Å². The molecule has 0 saturated carbocycles. The molecule has 7 nitrogen and oxygen atoms in total. The van der Waals surface area contributed by atoms with Gasteiger partial charge in [-0.25, -0.2) is 4.79 Å². The quantitative estimate of drug-likeness (QED) is 0.290. The highest BCUT2D eigenvalue weighted by Gasteiger charge is 2.19. The normalized spacial score (nSPS) is 13.2. The molecular formula is C20H17NO6. The van der Waals surface area contributed by atoms with E-state index < -0.39 is 17.5 Å². The van der Waals surface area contributed by atoms with Gasteiger partial charge < -0.3 is 13.9 Å².